The maximum Gasteiger partial charge on any atom is 0.215 e. The molecule has 1 saturated heterocycles. The van der Waals surface area contributed by atoms with Crippen LogP contribution in [0.25, 0.3) is 0 Å². The highest BCUT2D eigenvalue weighted by Crippen LogP contribution is 2.13. The van der Waals surface area contributed by atoms with E-state index in [4.69, 9.17) is 0 Å². The SMILES string of the molecule is CCNC(=NCCS(=O)(=O)N1CCSCC1)NCCc1csc(C)n1. The second kappa shape index (κ2) is 10.3. The molecule has 1 aromatic heterocycles. The average molecular weight is 406 g/mol. The standard InChI is InChI=1S/C15H27N5O2S3/c1-3-16-15(17-5-4-14-12-24-13(2)19-14)18-6-11-25(21,22)20-7-9-23-10-8-20/h12H,3-11H2,1-2H3,(H2,16,17,18). The summed E-state index contributed by atoms with van der Waals surface area (Å²) in [7, 11) is -3.21. The van der Waals surface area contributed by atoms with Crippen LogP contribution in [-0.2, 0) is 16.4 Å². The lowest BCUT2D eigenvalue weighted by Gasteiger charge is -2.25. The summed E-state index contributed by atoms with van der Waals surface area (Å²) in [4.78, 5) is 8.83. The molecule has 0 radical (unpaired) electrons. The van der Waals surface area contributed by atoms with E-state index in [1.807, 2.05) is 13.8 Å². The van der Waals surface area contributed by atoms with Crippen LogP contribution in [0.4, 0.5) is 0 Å². The van der Waals surface area contributed by atoms with E-state index < -0.39 is 10.0 Å². The van der Waals surface area contributed by atoms with Gasteiger partial charge < -0.3 is 10.6 Å². The van der Waals surface area contributed by atoms with Gasteiger partial charge in [0.1, 0.15) is 0 Å². The molecule has 0 aliphatic carbocycles. The largest absolute Gasteiger partial charge is 0.357 e. The molecular formula is C15H27N5O2S3. The number of nitrogens with zero attached hydrogens (tertiary/aromatic N) is 3. The van der Waals surface area contributed by atoms with Crippen LogP contribution in [-0.4, -0.2) is 73.6 Å². The molecule has 1 aromatic rings. The minimum Gasteiger partial charge on any atom is -0.357 e. The zero-order chi connectivity index (χ0) is 18.1. The van der Waals surface area contributed by atoms with Crippen molar-refractivity contribution in [3.63, 3.8) is 0 Å². The van der Waals surface area contributed by atoms with Gasteiger partial charge in [0.25, 0.3) is 0 Å². The first-order chi connectivity index (χ1) is 12.0. The van der Waals surface area contributed by atoms with Gasteiger partial charge in [0, 0.05) is 49.5 Å². The van der Waals surface area contributed by atoms with Crippen molar-refractivity contribution in [2.75, 3.05) is 50.0 Å². The molecule has 7 nitrogen and oxygen atoms in total. The molecule has 0 atom stereocenters. The number of hydrogen-bond acceptors (Lipinski definition) is 6. The van der Waals surface area contributed by atoms with E-state index in [1.165, 1.54) is 0 Å². The van der Waals surface area contributed by atoms with Gasteiger partial charge in [-0.1, -0.05) is 0 Å². The van der Waals surface area contributed by atoms with E-state index in [9.17, 15) is 8.42 Å². The second-order valence-corrected chi connectivity index (χ2v) is 10.00. The molecule has 2 rings (SSSR count). The number of aryl methyl sites for hydroxylation is 1. The molecule has 1 aliphatic rings. The van der Waals surface area contributed by atoms with Gasteiger partial charge in [-0.05, 0) is 13.8 Å². The minimum atomic E-state index is -3.21. The van der Waals surface area contributed by atoms with Crippen molar-refractivity contribution in [2.45, 2.75) is 20.3 Å². The summed E-state index contributed by atoms with van der Waals surface area (Å²) in [5.74, 6) is 2.46. The van der Waals surface area contributed by atoms with E-state index >= 15 is 0 Å². The van der Waals surface area contributed by atoms with Crippen LogP contribution < -0.4 is 10.6 Å². The Labute approximate surface area is 158 Å². The summed E-state index contributed by atoms with van der Waals surface area (Å²) in [6, 6.07) is 0. The first kappa shape index (κ1) is 20.5. The van der Waals surface area contributed by atoms with Gasteiger partial charge in [0.2, 0.25) is 10.0 Å². The fourth-order valence-electron chi connectivity index (χ4n) is 2.40. The zero-order valence-electron chi connectivity index (χ0n) is 14.8. The molecule has 2 N–H and O–H groups in total. The fraction of sp³-hybridized carbons (Fsp3) is 0.733. The Kier molecular flexibility index (Phi) is 8.47. The molecule has 25 heavy (non-hydrogen) atoms. The second-order valence-electron chi connectivity index (χ2n) is 5.62. The lowest BCUT2D eigenvalue weighted by molar-refractivity contribution is 0.444. The van der Waals surface area contributed by atoms with Gasteiger partial charge in [-0.3, -0.25) is 4.99 Å². The third kappa shape index (κ3) is 7.12. The van der Waals surface area contributed by atoms with E-state index in [0.29, 0.717) is 25.6 Å². The third-order valence-electron chi connectivity index (χ3n) is 3.67. The van der Waals surface area contributed by atoms with E-state index in [2.05, 4.69) is 26.0 Å². The number of nitrogens with one attached hydrogen (secondary N) is 2. The number of thioether (sulfide) groups is 1. The molecule has 0 bridgehead atoms. The van der Waals surface area contributed by atoms with Crippen molar-refractivity contribution < 1.29 is 8.42 Å². The van der Waals surface area contributed by atoms with Crippen LogP contribution in [0.15, 0.2) is 10.4 Å². The molecule has 10 heteroatoms. The first-order valence-corrected chi connectivity index (χ1v) is 12.1. The Morgan fingerprint density at radius 2 is 2.12 bits per heavy atom. The Morgan fingerprint density at radius 1 is 1.36 bits per heavy atom. The summed E-state index contributed by atoms with van der Waals surface area (Å²) < 4.78 is 26.2. The number of sulfonamides is 1. The Balaban J connectivity index is 1.79. The number of rotatable bonds is 8. The average Bonchev–Trinajstić information content (AvgIpc) is 3.01. The van der Waals surface area contributed by atoms with Crippen LogP contribution in [0.3, 0.4) is 0 Å². The Hall–Kier alpha value is -0.840. The van der Waals surface area contributed by atoms with Gasteiger partial charge in [0.05, 0.1) is 23.0 Å². The van der Waals surface area contributed by atoms with Crippen LogP contribution in [0.1, 0.15) is 17.6 Å². The van der Waals surface area contributed by atoms with Crippen LogP contribution in [0.5, 0.6) is 0 Å². The van der Waals surface area contributed by atoms with Gasteiger partial charge in [-0.15, -0.1) is 11.3 Å². The van der Waals surface area contributed by atoms with Crippen molar-refractivity contribution in [1.29, 1.82) is 0 Å². The highest BCUT2D eigenvalue weighted by atomic mass is 32.2. The Morgan fingerprint density at radius 3 is 2.76 bits per heavy atom. The highest BCUT2D eigenvalue weighted by Gasteiger charge is 2.23. The molecule has 142 valence electrons. The zero-order valence-corrected chi connectivity index (χ0v) is 17.3. The molecular weight excluding hydrogens is 378 g/mol. The molecule has 0 amide bonds. The molecule has 1 aliphatic heterocycles. The minimum absolute atomic E-state index is 0.0551. The molecule has 0 unspecified atom stereocenters. The van der Waals surface area contributed by atoms with E-state index in [-0.39, 0.29) is 12.3 Å². The normalized spacial score (nSPS) is 16.8. The van der Waals surface area contributed by atoms with E-state index in [0.717, 1.165) is 35.2 Å². The summed E-state index contributed by atoms with van der Waals surface area (Å²) in [5.41, 5.74) is 1.07. The summed E-state index contributed by atoms with van der Waals surface area (Å²) in [6.07, 6.45) is 0.818. The lowest BCUT2D eigenvalue weighted by atomic mass is 10.3. The summed E-state index contributed by atoms with van der Waals surface area (Å²) in [5, 5.41) is 9.51. The molecule has 0 saturated carbocycles. The van der Waals surface area contributed by atoms with Gasteiger partial charge in [0.15, 0.2) is 5.96 Å². The van der Waals surface area contributed by atoms with Crippen LogP contribution in [0, 0.1) is 6.92 Å². The number of aromatic nitrogens is 1. The smallest absolute Gasteiger partial charge is 0.215 e. The van der Waals surface area contributed by atoms with Gasteiger partial charge in [-0.25, -0.2) is 17.7 Å². The molecule has 0 spiro atoms. The number of guanidine groups is 1. The number of hydrogen-bond donors (Lipinski definition) is 2. The van der Waals surface area contributed by atoms with Crippen molar-refractivity contribution in [1.82, 2.24) is 19.9 Å². The van der Waals surface area contributed by atoms with Crippen molar-refractivity contribution in [3.05, 3.63) is 16.1 Å². The van der Waals surface area contributed by atoms with Crippen molar-refractivity contribution in [3.8, 4) is 0 Å². The molecule has 0 aromatic carbocycles. The van der Waals surface area contributed by atoms with Gasteiger partial charge in [-0.2, -0.15) is 11.8 Å². The van der Waals surface area contributed by atoms with Crippen molar-refractivity contribution in [2.24, 2.45) is 4.99 Å². The first-order valence-electron chi connectivity index (χ1n) is 8.50. The fourth-order valence-corrected chi connectivity index (χ4v) is 5.50. The summed E-state index contributed by atoms with van der Waals surface area (Å²) >= 11 is 3.45. The monoisotopic (exact) mass is 405 g/mol. The van der Waals surface area contributed by atoms with Gasteiger partial charge >= 0.3 is 0 Å². The maximum atomic E-state index is 12.3. The molecule has 1 fully saturated rings. The van der Waals surface area contributed by atoms with E-state index in [1.54, 1.807) is 27.4 Å². The number of aliphatic imine (C=N–C) groups is 1. The highest BCUT2D eigenvalue weighted by molar-refractivity contribution is 7.99. The third-order valence-corrected chi connectivity index (χ3v) is 7.28. The van der Waals surface area contributed by atoms with Crippen LogP contribution >= 0.6 is 23.1 Å². The number of thiazole rings is 1. The lowest BCUT2D eigenvalue weighted by Crippen LogP contribution is -2.41. The van der Waals surface area contributed by atoms with Crippen LogP contribution in [0.2, 0.25) is 0 Å². The Bertz CT molecular complexity index is 654. The topological polar surface area (TPSA) is 86.7 Å². The van der Waals surface area contributed by atoms with Crippen molar-refractivity contribution >= 4 is 39.1 Å². The maximum absolute atomic E-state index is 12.3. The quantitative estimate of drug-likeness (QED) is 0.494. The summed E-state index contributed by atoms with van der Waals surface area (Å²) in [6.45, 7) is 6.92. The predicted molar refractivity (Wildman–Crippen MR) is 107 cm³/mol. The molecule has 2 heterocycles. The predicted octanol–water partition coefficient (Wildman–Crippen LogP) is 0.928.